The fourth-order valence-corrected chi connectivity index (χ4v) is 4.67. The molecule has 2 aromatic rings. The lowest BCUT2D eigenvalue weighted by atomic mass is 10.0. The monoisotopic (exact) mass is 434 g/mol. The molecule has 0 aliphatic carbocycles. The van der Waals surface area contributed by atoms with Gasteiger partial charge in [0, 0.05) is 12.2 Å². The summed E-state index contributed by atoms with van der Waals surface area (Å²) in [5.74, 6) is -1.77. The number of rotatable bonds is 6. The third-order valence-electron chi connectivity index (χ3n) is 4.66. The van der Waals surface area contributed by atoms with Crippen molar-refractivity contribution in [3.8, 4) is 0 Å². The van der Waals surface area contributed by atoms with Crippen molar-refractivity contribution >= 4 is 33.3 Å². The summed E-state index contributed by atoms with van der Waals surface area (Å²) >= 11 is 0. The first kappa shape index (κ1) is 21.8. The van der Waals surface area contributed by atoms with Crippen molar-refractivity contribution in [2.75, 3.05) is 22.8 Å². The van der Waals surface area contributed by atoms with Gasteiger partial charge in [-0.3, -0.25) is 13.9 Å². The number of nitrogens with zero attached hydrogens (tertiary/aromatic N) is 1. The Morgan fingerprint density at radius 1 is 1.17 bits per heavy atom. The van der Waals surface area contributed by atoms with E-state index in [0.717, 1.165) is 17.7 Å². The van der Waals surface area contributed by atoms with Gasteiger partial charge in [0.2, 0.25) is 0 Å². The molecule has 1 aliphatic heterocycles. The van der Waals surface area contributed by atoms with Gasteiger partial charge in [0.15, 0.2) is 6.61 Å². The van der Waals surface area contributed by atoms with Crippen molar-refractivity contribution in [1.82, 2.24) is 0 Å². The van der Waals surface area contributed by atoms with Crippen LogP contribution in [-0.4, -0.2) is 33.4 Å². The van der Waals surface area contributed by atoms with Crippen molar-refractivity contribution in [2.24, 2.45) is 5.92 Å². The molecule has 160 valence electrons. The Hall–Kier alpha value is -2.94. The van der Waals surface area contributed by atoms with E-state index in [1.807, 2.05) is 0 Å². The highest BCUT2D eigenvalue weighted by molar-refractivity contribution is 7.92. The molecule has 2 aromatic carbocycles. The van der Waals surface area contributed by atoms with Crippen molar-refractivity contribution in [1.29, 1.82) is 0 Å². The molecule has 0 atom stereocenters. The zero-order chi connectivity index (χ0) is 21.9. The second kappa shape index (κ2) is 8.83. The predicted molar refractivity (Wildman–Crippen MR) is 110 cm³/mol. The van der Waals surface area contributed by atoms with Crippen molar-refractivity contribution in [3.05, 3.63) is 53.8 Å². The summed E-state index contributed by atoms with van der Waals surface area (Å²) in [6, 6.07) is 9.65. The lowest BCUT2D eigenvalue weighted by Gasteiger charge is -2.31. The van der Waals surface area contributed by atoms with Gasteiger partial charge in [-0.15, -0.1) is 0 Å². The van der Waals surface area contributed by atoms with Gasteiger partial charge in [-0.25, -0.2) is 12.8 Å². The molecule has 7 nitrogen and oxygen atoms in total. The predicted octanol–water partition coefficient (Wildman–Crippen LogP) is 3.10. The van der Waals surface area contributed by atoms with Crippen molar-refractivity contribution in [3.63, 3.8) is 0 Å². The fraction of sp³-hybridized carbons (Fsp3) is 0.333. The molecular weight excluding hydrogens is 411 g/mol. The highest BCUT2D eigenvalue weighted by Crippen LogP contribution is 2.33. The Morgan fingerprint density at radius 2 is 1.87 bits per heavy atom. The summed E-state index contributed by atoms with van der Waals surface area (Å²) in [6.45, 7) is 3.27. The van der Waals surface area contributed by atoms with E-state index in [1.54, 1.807) is 32.0 Å². The molecule has 0 unspecified atom stereocenters. The van der Waals surface area contributed by atoms with Gasteiger partial charge in [0.05, 0.1) is 16.5 Å². The number of fused-ring (bicyclic) bond motifs is 1. The number of esters is 1. The van der Waals surface area contributed by atoms with E-state index < -0.39 is 27.7 Å². The lowest BCUT2D eigenvalue weighted by Crippen LogP contribution is -2.35. The molecule has 0 saturated heterocycles. The van der Waals surface area contributed by atoms with Crippen LogP contribution in [0, 0.1) is 11.7 Å². The van der Waals surface area contributed by atoms with Gasteiger partial charge in [-0.1, -0.05) is 13.8 Å². The Bertz CT molecular complexity index is 1050. The molecule has 0 spiro atoms. The van der Waals surface area contributed by atoms with Gasteiger partial charge in [-0.05, 0) is 60.9 Å². The summed E-state index contributed by atoms with van der Waals surface area (Å²) in [6.07, 6.45) is 1.26. The van der Waals surface area contributed by atoms with Gasteiger partial charge in [-0.2, -0.15) is 0 Å². The molecule has 1 heterocycles. The molecule has 9 heteroatoms. The van der Waals surface area contributed by atoms with Crippen LogP contribution >= 0.6 is 0 Å². The fourth-order valence-electron chi connectivity index (χ4n) is 3.12. The summed E-state index contributed by atoms with van der Waals surface area (Å²) in [4.78, 5) is 23.5. The van der Waals surface area contributed by atoms with E-state index >= 15 is 0 Å². The second-order valence-corrected chi connectivity index (χ2v) is 9.15. The van der Waals surface area contributed by atoms with E-state index in [0.29, 0.717) is 30.8 Å². The molecule has 0 bridgehead atoms. The standard InChI is InChI=1S/C21H23FN2O5S/c1-14(2)21(26)29-13-20(25)23-17-7-10-19-15(12-17)4-3-11-24(19)30(27,28)18-8-5-16(22)6-9-18/h5-10,12,14H,3-4,11,13H2,1-2H3,(H,23,25). The highest BCUT2D eigenvalue weighted by atomic mass is 32.2. The summed E-state index contributed by atoms with van der Waals surface area (Å²) in [7, 11) is -3.83. The third-order valence-corrected chi connectivity index (χ3v) is 6.49. The van der Waals surface area contributed by atoms with Gasteiger partial charge >= 0.3 is 5.97 Å². The van der Waals surface area contributed by atoms with Gasteiger partial charge in [0.25, 0.3) is 15.9 Å². The summed E-state index contributed by atoms with van der Waals surface area (Å²) < 4.78 is 45.4. The number of halogens is 1. The third kappa shape index (κ3) is 4.79. The van der Waals surface area contributed by atoms with E-state index in [1.165, 1.54) is 16.4 Å². The quantitative estimate of drug-likeness (QED) is 0.706. The number of hydrogen-bond acceptors (Lipinski definition) is 5. The number of anilines is 2. The number of nitrogens with one attached hydrogen (secondary N) is 1. The zero-order valence-electron chi connectivity index (χ0n) is 16.7. The first-order valence-electron chi connectivity index (χ1n) is 9.56. The Balaban J connectivity index is 1.77. The minimum atomic E-state index is -3.83. The SMILES string of the molecule is CC(C)C(=O)OCC(=O)Nc1ccc2c(c1)CCCN2S(=O)(=O)c1ccc(F)cc1. The number of carbonyl (C=O) groups is 2. The molecule has 0 saturated carbocycles. The number of carbonyl (C=O) groups excluding carboxylic acids is 2. The molecule has 30 heavy (non-hydrogen) atoms. The van der Waals surface area contributed by atoms with Crippen LogP contribution in [0.5, 0.6) is 0 Å². The van der Waals surface area contributed by atoms with E-state index in [2.05, 4.69) is 5.32 Å². The average molecular weight is 434 g/mol. The lowest BCUT2D eigenvalue weighted by molar-refractivity contribution is -0.150. The Labute approximate surface area is 174 Å². The van der Waals surface area contributed by atoms with Crippen molar-refractivity contribution in [2.45, 2.75) is 31.6 Å². The van der Waals surface area contributed by atoms with Crippen LogP contribution in [0.15, 0.2) is 47.4 Å². The van der Waals surface area contributed by atoms with Crippen LogP contribution in [-0.2, 0) is 30.8 Å². The van der Waals surface area contributed by atoms with Crippen LogP contribution < -0.4 is 9.62 Å². The number of benzene rings is 2. The molecule has 0 radical (unpaired) electrons. The number of sulfonamides is 1. The zero-order valence-corrected chi connectivity index (χ0v) is 17.5. The smallest absolute Gasteiger partial charge is 0.308 e. The van der Waals surface area contributed by atoms with Gasteiger partial charge in [0.1, 0.15) is 5.82 Å². The van der Waals surface area contributed by atoms with Crippen LogP contribution in [0.4, 0.5) is 15.8 Å². The number of hydrogen-bond donors (Lipinski definition) is 1. The van der Waals surface area contributed by atoms with Crippen molar-refractivity contribution < 1.29 is 27.1 Å². The minimum Gasteiger partial charge on any atom is -0.455 e. The molecule has 1 amide bonds. The van der Waals surface area contributed by atoms with E-state index in [4.69, 9.17) is 4.74 Å². The Morgan fingerprint density at radius 3 is 2.53 bits per heavy atom. The molecule has 3 rings (SSSR count). The maximum atomic E-state index is 13.2. The number of ether oxygens (including phenoxy) is 1. The molecule has 1 N–H and O–H groups in total. The largest absolute Gasteiger partial charge is 0.455 e. The summed E-state index contributed by atoms with van der Waals surface area (Å²) in [5.41, 5.74) is 1.78. The normalized spacial score (nSPS) is 13.7. The minimum absolute atomic E-state index is 0.0149. The first-order valence-corrected chi connectivity index (χ1v) is 11.0. The van der Waals surface area contributed by atoms with Crippen LogP contribution in [0.25, 0.3) is 0 Å². The van der Waals surface area contributed by atoms with E-state index in [-0.39, 0.29) is 17.4 Å². The van der Waals surface area contributed by atoms with Crippen LogP contribution in [0.2, 0.25) is 0 Å². The maximum absolute atomic E-state index is 13.2. The summed E-state index contributed by atoms with van der Waals surface area (Å²) in [5, 5.41) is 2.65. The van der Waals surface area contributed by atoms with E-state index in [9.17, 15) is 22.4 Å². The topological polar surface area (TPSA) is 92.8 Å². The highest BCUT2D eigenvalue weighted by Gasteiger charge is 2.29. The van der Waals surface area contributed by atoms with Crippen LogP contribution in [0.3, 0.4) is 0 Å². The molecule has 0 aromatic heterocycles. The molecule has 0 fully saturated rings. The maximum Gasteiger partial charge on any atom is 0.308 e. The van der Waals surface area contributed by atoms with Crippen LogP contribution in [0.1, 0.15) is 25.8 Å². The molecule has 1 aliphatic rings. The molecular formula is C21H23FN2O5S. The number of aryl methyl sites for hydroxylation is 1. The second-order valence-electron chi connectivity index (χ2n) is 7.29. The average Bonchev–Trinajstić information content (AvgIpc) is 2.71. The Kier molecular flexibility index (Phi) is 6.40. The number of amides is 1. The van der Waals surface area contributed by atoms with Gasteiger partial charge < -0.3 is 10.1 Å². The first-order chi connectivity index (χ1) is 14.2.